The average molecular weight is 501 g/mol. The largest absolute Gasteiger partial charge is 0.480 e. The van der Waals surface area contributed by atoms with Gasteiger partial charge in [0.25, 0.3) is 0 Å². The highest BCUT2D eigenvalue weighted by molar-refractivity contribution is 7.90. The summed E-state index contributed by atoms with van der Waals surface area (Å²) in [6.45, 7) is 0.0883. The molecule has 2 aliphatic rings. The van der Waals surface area contributed by atoms with Gasteiger partial charge < -0.3 is 20.5 Å². The first-order chi connectivity index (χ1) is 16.6. The van der Waals surface area contributed by atoms with Crippen LogP contribution in [0.1, 0.15) is 36.3 Å². The van der Waals surface area contributed by atoms with Gasteiger partial charge in [-0.1, -0.05) is 48.5 Å². The zero-order valence-electron chi connectivity index (χ0n) is 19.3. The normalized spacial score (nSPS) is 16.5. The number of aliphatic carboxylic acids is 1. The molecule has 35 heavy (non-hydrogen) atoms. The van der Waals surface area contributed by atoms with E-state index in [2.05, 4.69) is 10.6 Å². The van der Waals surface area contributed by atoms with Crippen molar-refractivity contribution in [3.05, 3.63) is 59.7 Å². The van der Waals surface area contributed by atoms with E-state index in [4.69, 9.17) is 4.74 Å². The van der Waals surface area contributed by atoms with E-state index in [0.717, 1.165) is 28.5 Å². The number of hydrogen-bond donors (Lipinski definition) is 3. The topological polar surface area (TPSA) is 139 Å². The number of rotatable bonds is 10. The Morgan fingerprint density at radius 3 is 2.09 bits per heavy atom. The van der Waals surface area contributed by atoms with Crippen molar-refractivity contribution in [2.75, 3.05) is 18.6 Å². The van der Waals surface area contributed by atoms with Gasteiger partial charge in [-0.25, -0.2) is 18.0 Å². The summed E-state index contributed by atoms with van der Waals surface area (Å²) < 4.78 is 28.3. The molecule has 1 fully saturated rings. The SMILES string of the molecule is CS(=O)(=O)CCC(NC(=O)C(NC(=O)OCC1c2ccccc2-c2ccccc21)C1CC1)C(=O)O. The first-order valence-electron chi connectivity index (χ1n) is 11.5. The summed E-state index contributed by atoms with van der Waals surface area (Å²) in [6, 6.07) is 13.5. The van der Waals surface area contributed by atoms with Gasteiger partial charge in [-0.05, 0) is 47.4 Å². The van der Waals surface area contributed by atoms with E-state index in [1.165, 1.54) is 0 Å². The molecule has 4 rings (SSSR count). The number of carbonyl (C=O) groups is 3. The molecule has 0 radical (unpaired) electrons. The monoisotopic (exact) mass is 500 g/mol. The summed E-state index contributed by atoms with van der Waals surface area (Å²) >= 11 is 0. The van der Waals surface area contributed by atoms with E-state index in [9.17, 15) is 27.9 Å². The summed E-state index contributed by atoms with van der Waals surface area (Å²) in [5.41, 5.74) is 4.32. The molecule has 2 aromatic rings. The van der Waals surface area contributed by atoms with Crippen LogP contribution in [0, 0.1) is 5.92 Å². The minimum Gasteiger partial charge on any atom is -0.480 e. The summed E-state index contributed by atoms with van der Waals surface area (Å²) in [7, 11) is -3.39. The number of benzene rings is 2. The van der Waals surface area contributed by atoms with Gasteiger partial charge in [0, 0.05) is 12.2 Å². The Bertz CT molecular complexity index is 1190. The fourth-order valence-corrected chi connectivity index (χ4v) is 5.11. The van der Waals surface area contributed by atoms with Crippen LogP contribution in [0.2, 0.25) is 0 Å². The van der Waals surface area contributed by atoms with Crippen molar-refractivity contribution in [2.45, 2.75) is 37.3 Å². The molecule has 2 aliphatic carbocycles. The quantitative estimate of drug-likeness (QED) is 0.455. The lowest BCUT2D eigenvalue weighted by molar-refractivity contribution is -0.142. The zero-order valence-corrected chi connectivity index (χ0v) is 20.1. The second-order valence-electron chi connectivity index (χ2n) is 9.10. The smallest absolute Gasteiger partial charge is 0.407 e. The standard InChI is InChI=1S/C25H28N2O7S/c1-35(32,33)13-12-21(24(29)30)26-23(28)22(15-10-11-15)27-25(31)34-14-20-18-8-4-2-6-16(18)17-7-3-5-9-19(17)20/h2-9,15,20-22H,10-14H2,1H3,(H,26,28)(H,27,31)(H,29,30). The molecule has 0 bridgehead atoms. The van der Waals surface area contributed by atoms with E-state index in [1.807, 2.05) is 48.5 Å². The number of sulfone groups is 1. The van der Waals surface area contributed by atoms with Gasteiger partial charge in [-0.3, -0.25) is 4.79 Å². The van der Waals surface area contributed by atoms with Crippen LogP contribution in [0.3, 0.4) is 0 Å². The van der Waals surface area contributed by atoms with E-state index in [1.54, 1.807) is 0 Å². The van der Waals surface area contributed by atoms with Gasteiger partial charge in [0.1, 0.15) is 28.5 Å². The number of hydrogen-bond acceptors (Lipinski definition) is 6. The number of amides is 2. The van der Waals surface area contributed by atoms with E-state index in [-0.39, 0.29) is 30.6 Å². The molecule has 1 saturated carbocycles. The molecule has 0 aliphatic heterocycles. The molecule has 2 aromatic carbocycles. The van der Waals surface area contributed by atoms with E-state index in [0.29, 0.717) is 12.8 Å². The molecule has 2 unspecified atom stereocenters. The number of ether oxygens (including phenoxy) is 1. The molecule has 2 atom stereocenters. The first kappa shape index (κ1) is 24.7. The summed E-state index contributed by atoms with van der Waals surface area (Å²) in [6.07, 6.45) is 1.40. The molecule has 10 heteroatoms. The lowest BCUT2D eigenvalue weighted by Crippen LogP contribution is -2.53. The minimum atomic E-state index is -3.39. The minimum absolute atomic E-state index is 0.0883. The van der Waals surface area contributed by atoms with Crippen LogP contribution in [-0.4, -0.2) is 62.2 Å². The second kappa shape index (κ2) is 10.1. The van der Waals surface area contributed by atoms with Gasteiger partial charge >= 0.3 is 12.1 Å². The highest BCUT2D eigenvalue weighted by Crippen LogP contribution is 2.44. The number of carbonyl (C=O) groups excluding carboxylic acids is 2. The van der Waals surface area contributed by atoms with Crippen molar-refractivity contribution in [3.63, 3.8) is 0 Å². The van der Waals surface area contributed by atoms with Crippen LogP contribution in [0.25, 0.3) is 11.1 Å². The van der Waals surface area contributed by atoms with E-state index < -0.39 is 39.9 Å². The third-order valence-electron chi connectivity index (χ3n) is 6.38. The molecule has 0 saturated heterocycles. The summed E-state index contributed by atoms with van der Waals surface area (Å²) in [5.74, 6) is -2.63. The van der Waals surface area contributed by atoms with Crippen molar-refractivity contribution in [1.29, 1.82) is 0 Å². The number of alkyl carbamates (subject to hydrolysis) is 1. The van der Waals surface area contributed by atoms with E-state index >= 15 is 0 Å². The van der Waals surface area contributed by atoms with Crippen molar-refractivity contribution in [1.82, 2.24) is 10.6 Å². The zero-order chi connectivity index (χ0) is 25.2. The van der Waals surface area contributed by atoms with Crippen molar-refractivity contribution >= 4 is 27.8 Å². The maximum atomic E-state index is 12.8. The second-order valence-corrected chi connectivity index (χ2v) is 11.4. The number of fused-ring (bicyclic) bond motifs is 3. The maximum Gasteiger partial charge on any atom is 0.407 e. The maximum absolute atomic E-state index is 12.8. The van der Waals surface area contributed by atoms with Crippen LogP contribution in [0.5, 0.6) is 0 Å². The first-order valence-corrected chi connectivity index (χ1v) is 13.5. The summed E-state index contributed by atoms with van der Waals surface area (Å²) in [5, 5.41) is 14.3. The Labute approximate surface area is 203 Å². The predicted molar refractivity (Wildman–Crippen MR) is 129 cm³/mol. The third kappa shape index (κ3) is 6.00. The Kier molecular flexibility index (Phi) is 7.11. The average Bonchev–Trinajstić information content (AvgIpc) is 3.60. The molecule has 186 valence electrons. The molecule has 0 spiro atoms. The lowest BCUT2D eigenvalue weighted by atomic mass is 9.98. The van der Waals surface area contributed by atoms with Gasteiger partial charge in [0.05, 0.1) is 5.75 Å². The van der Waals surface area contributed by atoms with Crippen LogP contribution in [0.4, 0.5) is 4.79 Å². The third-order valence-corrected chi connectivity index (χ3v) is 7.36. The van der Waals surface area contributed by atoms with Crippen LogP contribution in [0.15, 0.2) is 48.5 Å². The van der Waals surface area contributed by atoms with Crippen LogP contribution >= 0.6 is 0 Å². The van der Waals surface area contributed by atoms with Gasteiger partial charge in [0.15, 0.2) is 0 Å². The molecule has 2 amide bonds. The van der Waals surface area contributed by atoms with Gasteiger partial charge in [0.2, 0.25) is 5.91 Å². The Morgan fingerprint density at radius 1 is 1.00 bits per heavy atom. The van der Waals surface area contributed by atoms with Crippen LogP contribution in [-0.2, 0) is 24.2 Å². The van der Waals surface area contributed by atoms with Crippen molar-refractivity contribution in [2.24, 2.45) is 5.92 Å². The van der Waals surface area contributed by atoms with Crippen molar-refractivity contribution < 1.29 is 32.6 Å². The number of nitrogens with one attached hydrogen (secondary N) is 2. The predicted octanol–water partition coefficient (Wildman–Crippen LogP) is 2.31. The van der Waals surface area contributed by atoms with Crippen LogP contribution < -0.4 is 10.6 Å². The molecule has 0 heterocycles. The Balaban J connectivity index is 1.38. The fourth-order valence-electron chi connectivity index (χ4n) is 4.44. The van der Waals surface area contributed by atoms with Gasteiger partial charge in [-0.2, -0.15) is 0 Å². The fraction of sp³-hybridized carbons (Fsp3) is 0.400. The molecule has 9 nitrogen and oxygen atoms in total. The lowest BCUT2D eigenvalue weighted by Gasteiger charge is -2.21. The summed E-state index contributed by atoms with van der Waals surface area (Å²) in [4.78, 5) is 36.9. The highest BCUT2D eigenvalue weighted by Gasteiger charge is 2.39. The molecular formula is C25H28N2O7S. The molecule has 0 aromatic heterocycles. The van der Waals surface area contributed by atoms with Crippen molar-refractivity contribution in [3.8, 4) is 11.1 Å². The van der Waals surface area contributed by atoms with Gasteiger partial charge in [-0.15, -0.1) is 0 Å². The number of carboxylic acid groups (broad SMARTS) is 1. The molecular weight excluding hydrogens is 472 g/mol. The highest BCUT2D eigenvalue weighted by atomic mass is 32.2. The Morgan fingerprint density at radius 2 is 1.57 bits per heavy atom. The molecule has 3 N–H and O–H groups in total. The Hall–Kier alpha value is -3.40. The number of carboxylic acids is 1.